The minimum atomic E-state index is 0.625. The molecule has 10 rings (SSSR count). The van der Waals surface area contributed by atoms with E-state index >= 15 is 0 Å². The molecule has 6 nitrogen and oxygen atoms in total. The first-order valence-electron chi connectivity index (χ1n) is 38.0. The number of nitrogens with zero attached hydrogens (tertiary/aromatic N) is 4. The van der Waals surface area contributed by atoms with E-state index in [0.717, 1.165) is 94.4 Å². The van der Waals surface area contributed by atoms with Gasteiger partial charge in [-0.25, -0.2) is 0 Å². The third kappa shape index (κ3) is 22.1. The highest BCUT2D eigenvalue weighted by Crippen LogP contribution is 2.49. The van der Waals surface area contributed by atoms with Crippen LogP contribution in [-0.2, 0) is 25.7 Å². The lowest BCUT2D eigenvalue weighted by Gasteiger charge is -2.18. The van der Waals surface area contributed by atoms with Crippen molar-refractivity contribution in [2.75, 3.05) is 13.2 Å². The maximum atomic E-state index is 6.65. The maximum absolute atomic E-state index is 6.65. The molecule has 0 spiro atoms. The Morgan fingerprint density at radius 2 is 0.708 bits per heavy atom. The molecule has 2 unspecified atom stereocenters. The fourth-order valence-electron chi connectivity index (χ4n) is 14.2. The molecule has 0 aliphatic rings. The molecule has 0 saturated carbocycles. The number of ether oxygens (including phenoxy) is 2. The van der Waals surface area contributed by atoms with Crippen LogP contribution in [0.15, 0.2) is 97.1 Å². The van der Waals surface area contributed by atoms with Gasteiger partial charge in [0.1, 0.15) is 33.6 Å². The molecule has 10 aromatic rings. The van der Waals surface area contributed by atoms with Crippen molar-refractivity contribution in [3.63, 3.8) is 0 Å². The number of aromatic nitrogens is 4. The van der Waals surface area contributed by atoms with Gasteiger partial charge in [0.05, 0.1) is 36.7 Å². The van der Waals surface area contributed by atoms with E-state index in [-0.39, 0.29) is 0 Å². The molecular formula is C84H112N4O2S6. The molecule has 516 valence electrons. The summed E-state index contributed by atoms with van der Waals surface area (Å²) >= 11 is 10.3. The lowest BCUT2D eigenvalue weighted by Crippen LogP contribution is -2.12. The van der Waals surface area contributed by atoms with Crippen molar-refractivity contribution in [2.24, 2.45) is 11.8 Å². The predicted molar refractivity (Wildman–Crippen MR) is 425 cm³/mol. The van der Waals surface area contributed by atoms with Crippen LogP contribution in [0.4, 0.5) is 0 Å². The molecule has 0 bridgehead atoms. The minimum absolute atomic E-state index is 0.625. The number of hydrogen-bond acceptors (Lipinski definition) is 12. The Bertz CT molecular complexity index is 3820. The van der Waals surface area contributed by atoms with E-state index in [0.29, 0.717) is 11.8 Å². The van der Waals surface area contributed by atoms with Crippen molar-refractivity contribution < 1.29 is 9.47 Å². The van der Waals surface area contributed by atoms with E-state index in [2.05, 4.69) is 139 Å². The molecule has 6 heterocycles. The molecule has 0 amide bonds. The van der Waals surface area contributed by atoms with Crippen LogP contribution in [0.1, 0.15) is 266 Å². The van der Waals surface area contributed by atoms with Crippen molar-refractivity contribution in [1.29, 1.82) is 0 Å². The van der Waals surface area contributed by atoms with Crippen LogP contribution in [0.5, 0.6) is 11.5 Å². The molecule has 0 saturated heterocycles. The standard InChI is InChI=1S/C84H112N4O2S6/c1-7-11-15-19-23-25-29-33-37-65(35-31-27-21-17-13-9-3)59-89-69-47-41-63(42-48-69)39-45-67-56-62(6)91-83(67)76-53-51-74(92-76)75-52-54-77(93-75)84-68(57-78(94-84)73-58-72-71(81-82(73)88-96-87-81)55-61(5)79-80(72)86-95-85-79)46-40-64-43-49-70(50-44-64)90-60-66(36-32-28-22-18-14-10-4)38-34-30-26-24-20-16-12-8-2/h41-44,47-58,65-66H,7-40,45-46,59-60H2,1-6H3. The Hall–Kier alpha value is -4.82. The monoisotopic (exact) mass is 1400 g/mol. The van der Waals surface area contributed by atoms with Crippen LogP contribution in [-0.4, -0.2) is 30.7 Å². The van der Waals surface area contributed by atoms with E-state index in [1.165, 1.54) is 290 Å². The second-order valence-electron chi connectivity index (χ2n) is 27.9. The van der Waals surface area contributed by atoms with Gasteiger partial charge in [0.2, 0.25) is 0 Å². The molecule has 0 aliphatic heterocycles. The van der Waals surface area contributed by atoms with Crippen molar-refractivity contribution in [1.82, 2.24) is 17.5 Å². The van der Waals surface area contributed by atoms with Gasteiger partial charge in [-0.2, -0.15) is 17.5 Å². The van der Waals surface area contributed by atoms with Gasteiger partial charge in [-0.3, -0.25) is 0 Å². The third-order valence-electron chi connectivity index (χ3n) is 20.0. The first-order valence-corrected chi connectivity index (χ1v) is 42.7. The molecule has 0 fully saturated rings. The Labute approximate surface area is 602 Å². The summed E-state index contributed by atoms with van der Waals surface area (Å²) in [5, 5.41) is 2.19. The summed E-state index contributed by atoms with van der Waals surface area (Å²) in [6.07, 6.45) is 47.3. The van der Waals surface area contributed by atoms with Crippen LogP contribution in [0.25, 0.3) is 72.5 Å². The largest absolute Gasteiger partial charge is 0.493 e. The van der Waals surface area contributed by atoms with Crippen molar-refractivity contribution >= 4 is 102 Å². The zero-order valence-electron chi connectivity index (χ0n) is 59.3. The van der Waals surface area contributed by atoms with Crippen molar-refractivity contribution in [3.05, 3.63) is 130 Å². The van der Waals surface area contributed by atoms with Gasteiger partial charge in [-0.15, -0.1) is 45.3 Å². The van der Waals surface area contributed by atoms with Crippen LogP contribution in [0, 0.1) is 25.7 Å². The number of hydrogen-bond donors (Lipinski definition) is 0. The van der Waals surface area contributed by atoms with E-state index in [1.807, 2.05) is 45.3 Å². The average Bonchev–Trinajstić information content (AvgIpc) is 1.50. The van der Waals surface area contributed by atoms with Crippen molar-refractivity contribution in [2.45, 2.75) is 273 Å². The lowest BCUT2D eigenvalue weighted by atomic mass is 9.94. The number of thiophene rings is 4. The summed E-state index contributed by atoms with van der Waals surface area (Å²) in [5.41, 5.74) is 11.6. The lowest BCUT2D eigenvalue weighted by molar-refractivity contribution is 0.224. The first-order chi connectivity index (χ1) is 47.3. The van der Waals surface area contributed by atoms with Crippen LogP contribution >= 0.6 is 68.8 Å². The number of fused-ring (bicyclic) bond motifs is 5. The molecular weight excluding hydrogens is 1290 g/mol. The number of aryl methyl sites for hydroxylation is 6. The van der Waals surface area contributed by atoms with Gasteiger partial charge in [0.15, 0.2) is 0 Å². The molecule has 96 heavy (non-hydrogen) atoms. The Morgan fingerprint density at radius 3 is 1.17 bits per heavy atom. The maximum Gasteiger partial charge on any atom is 0.119 e. The second kappa shape index (κ2) is 40.4. The van der Waals surface area contributed by atoms with E-state index < -0.39 is 0 Å². The molecule has 0 aliphatic carbocycles. The molecule has 6 aromatic heterocycles. The second-order valence-corrected chi connectivity index (χ2v) is 33.5. The summed E-state index contributed by atoms with van der Waals surface area (Å²) in [6, 6.07) is 37.0. The Balaban J connectivity index is 0.804. The summed E-state index contributed by atoms with van der Waals surface area (Å²) in [4.78, 5) is 10.6. The third-order valence-corrected chi connectivity index (χ3v) is 26.1. The van der Waals surface area contributed by atoms with Gasteiger partial charge in [0, 0.05) is 55.4 Å². The fraction of sp³-hybridized carbons (Fsp3) is 0.548. The average molecular weight is 1400 g/mol. The molecule has 4 aromatic carbocycles. The summed E-state index contributed by atoms with van der Waals surface area (Å²) in [7, 11) is 0. The van der Waals surface area contributed by atoms with E-state index in [1.54, 1.807) is 0 Å². The van der Waals surface area contributed by atoms with Crippen molar-refractivity contribution in [3.8, 4) is 51.2 Å². The highest BCUT2D eigenvalue weighted by Gasteiger charge is 2.23. The SMILES string of the molecule is CCCCCCCCCCC(CCCCCCCC)COc1ccc(CCc2cc(C)sc2-c2ccc(-c3ccc(-c4sc(-c5cc6c(cc(C)c7nsnc76)c6nsnc56)cc4CCc4ccc(OCC(CCCCCCCC)CCCCCCCCCC)cc4)s3)s2)cc1. The summed E-state index contributed by atoms with van der Waals surface area (Å²) in [6.45, 7) is 15.3. The van der Waals surface area contributed by atoms with E-state index in [9.17, 15) is 0 Å². The van der Waals surface area contributed by atoms with Gasteiger partial charge < -0.3 is 9.47 Å². The molecule has 0 radical (unpaired) electrons. The first kappa shape index (κ1) is 73.9. The highest BCUT2D eigenvalue weighted by atomic mass is 32.1. The number of rotatable bonds is 48. The zero-order chi connectivity index (χ0) is 66.5. The van der Waals surface area contributed by atoms with Gasteiger partial charge in [-0.1, -0.05) is 232 Å². The van der Waals surface area contributed by atoms with E-state index in [4.69, 9.17) is 27.0 Å². The molecule has 2 atom stereocenters. The Kier molecular flexibility index (Phi) is 31.1. The summed E-state index contributed by atoms with van der Waals surface area (Å²) in [5.74, 6) is 3.29. The smallest absolute Gasteiger partial charge is 0.119 e. The fourth-order valence-corrected chi connectivity index (χ4v) is 20.1. The quantitative estimate of drug-likeness (QED) is 0.0354. The zero-order valence-corrected chi connectivity index (χ0v) is 64.2. The normalized spacial score (nSPS) is 12.5. The van der Waals surface area contributed by atoms with Crippen LogP contribution in [0.3, 0.4) is 0 Å². The molecule has 12 heteroatoms. The van der Waals surface area contributed by atoms with Gasteiger partial charge >= 0.3 is 0 Å². The Morgan fingerprint density at radius 1 is 0.333 bits per heavy atom. The molecule has 0 N–H and O–H groups in total. The van der Waals surface area contributed by atoms with Gasteiger partial charge in [-0.05, 0) is 178 Å². The predicted octanol–water partition coefficient (Wildman–Crippen LogP) is 28.5. The van der Waals surface area contributed by atoms with Crippen LogP contribution in [0.2, 0.25) is 0 Å². The topological polar surface area (TPSA) is 70.0 Å². The minimum Gasteiger partial charge on any atom is -0.493 e. The number of unbranched alkanes of at least 4 members (excludes halogenated alkanes) is 24. The van der Waals surface area contributed by atoms with Crippen LogP contribution < -0.4 is 9.47 Å². The van der Waals surface area contributed by atoms with Gasteiger partial charge in [0.25, 0.3) is 0 Å². The number of benzene rings is 4. The summed E-state index contributed by atoms with van der Waals surface area (Å²) < 4.78 is 32.7. The highest BCUT2D eigenvalue weighted by molar-refractivity contribution is 7.29.